The van der Waals surface area contributed by atoms with Crippen molar-refractivity contribution in [2.75, 3.05) is 0 Å². The number of aromatic nitrogens is 17. The second-order valence-electron chi connectivity index (χ2n) is 40.6. The van der Waals surface area contributed by atoms with Crippen LogP contribution in [0, 0.1) is 68.2 Å². The predicted molar refractivity (Wildman–Crippen MR) is 599 cm³/mol. The first-order chi connectivity index (χ1) is 69.4. The third kappa shape index (κ3) is 25.3. The molecule has 2 aliphatic rings. The molecule has 147 heavy (non-hydrogen) atoms. The topological polar surface area (TPSA) is 435 Å². The normalized spacial score (nSPS) is 12.5. The van der Waals surface area contributed by atoms with Gasteiger partial charge in [0.25, 0.3) is 39.6 Å². The van der Waals surface area contributed by atoms with Crippen LogP contribution in [0.15, 0.2) is 189 Å². The van der Waals surface area contributed by atoms with Crippen molar-refractivity contribution < 1.29 is 19.5 Å². The second-order valence-corrected chi connectivity index (χ2v) is 47.9. The van der Waals surface area contributed by atoms with E-state index in [0.29, 0.717) is 109 Å². The summed E-state index contributed by atoms with van der Waals surface area (Å²) in [5.74, 6) is 1.66. The zero-order valence-electron chi connectivity index (χ0n) is 86.1. The number of aromatic carboxylic acids is 1. The van der Waals surface area contributed by atoms with E-state index in [9.17, 15) is 43.2 Å². The molecule has 0 aromatic carbocycles. The molecule has 36 heteroatoms. The molecular formula is C111H113N19O10S7. The first-order valence-electron chi connectivity index (χ1n) is 47.6. The Hall–Kier alpha value is -14.4. The number of carboxylic acids is 1. The number of thiophene rings is 7. The summed E-state index contributed by atoms with van der Waals surface area (Å²) in [5, 5.41) is 16.3. The molecule has 21 heterocycles. The highest BCUT2D eigenvalue weighted by Crippen LogP contribution is 2.40. The molecule has 0 bridgehead atoms. The van der Waals surface area contributed by atoms with Crippen LogP contribution in [0.5, 0.6) is 0 Å². The molecule has 0 spiro atoms. The van der Waals surface area contributed by atoms with Crippen LogP contribution in [0.3, 0.4) is 0 Å². The maximum atomic E-state index is 12.5. The van der Waals surface area contributed by atoms with Crippen LogP contribution < -0.4 is 33.4 Å². The number of carboxylic acid groups (broad SMARTS) is 1. The Balaban J connectivity index is 0.000000129. The minimum Gasteiger partial charge on any atom is -0.478 e. The zero-order valence-corrected chi connectivity index (χ0v) is 91.8. The van der Waals surface area contributed by atoms with Crippen LogP contribution in [-0.2, 0) is 47.3 Å². The summed E-state index contributed by atoms with van der Waals surface area (Å²) in [5.41, 5.74) is 16.8. The third-order valence-electron chi connectivity index (χ3n) is 23.4. The van der Waals surface area contributed by atoms with E-state index in [1.54, 1.807) is 81.1 Å². The Kier molecular flexibility index (Phi) is 31.8. The van der Waals surface area contributed by atoms with Gasteiger partial charge in [0.05, 0.1) is 66.4 Å². The lowest BCUT2D eigenvalue weighted by Crippen LogP contribution is -2.19. The molecule has 2 aliphatic heterocycles. The number of hydrogen-bond donors (Lipinski definition) is 7. The van der Waals surface area contributed by atoms with E-state index in [1.807, 2.05) is 164 Å². The summed E-state index contributed by atoms with van der Waals surface area (Å²) >= 11 is 11.0. The average molecular weight is 2100 g/mol. The maximum absolute atomic E-state index is 12.5. The van der Waals surface area contributed by atoms with Gasteiger partial charge in [0, 0.05) is 88.2 Å². The van der Waals surface area contributed by atoms with E-state index in [4.69, 9.17) is 5.11 Å². The molecule has 2 amide bonds. The van der Waals surface area contributed by atoms with Gasteiger partial charge in [-0.25, -0.2) is 59.6 Å². The van der Waals surface area contributed by atoms with Gasteiger partial charge in [0.1, 0.15) is 52.6 Å². The van der Waals surface area contributed by atoms with Crippen molar-refractivity contribution in [3.05, 3.63) is 331 Å². The molecule has 0 saturated heterocycles. The highest BCUT2D eigenvalue weighted by Gasteiger charge is 2.31. The number of carbonyl (C=O) groups excluding carboxylic acids is 2. The molecule has 19 aromatic rings. The quantitative estimate of drug-likeness (QED) is 0.0632. The van der Waals surface area contributed by atoms with Crippen molar-refractivity contribution >= 4 is 160 Å². The lowest BCUT2D eigenvalue weighted by atomic mass is 9.93. The Labute approximate surface area is 875 Å². The molecule has 19 aromatic heterocycles. The van der Waals surface area contributed by atoms with E-state index in [1.165, 1.54) is 51.9 Å². The standard InChI is InChI=1S/2C17H19N3OS.3C16H17N3OS.C16H16N2O2S.C13H8N2O3S/c1-9-6-10(2)18-12(7-9)14-19-15(21)11-8-13(17(3,4)5)22-16(11)20-14;1-9(2)5-12-8-22-17-14(12)16(21)19-15(20-17)13-7-10(3)6-11(4)18-13;1-9-6-5-7-17-12(9)13-18-14(20)10-8-11(16(2,3)4)21-15(10)19-13;1-9-6-5-7-11(17-9)13-18-14(20)10-8-12(16(2,3)4)21-15(10)19-13;1-5-11-10(4)21-16-13(11)15(20)18-14(19-16)12-7-8(2)6-9(3)17-12;1-16(2,3)13-7-9-12(21-13)8-11(18-15(9)20)10-5-4-6-14(19)17-10;16-12-8-2-4-19-11(8)6-10(15-12)9-5-7(13(17)18)1-3-14-9/h6-8H,1-5H3,(H,19,20,21);6-9H,5H2,1-4H3,(H,19,20,21);2*5-8H,1-4H3,(H,18,19,20);6-7H,5H2,1-4H3,(H,18,19,20);4-7H,8H2,1-3H3,(H,17,19);1-5H,6H2,(H,17,18). The Morgan fingerprint density at radius 1 is 0.401 bits per heavy atom. The summed E-state index contributed by atoms with van der Waals surface area (Å²) in [7, 11) is 0. The van der Waals surface area contributed by atoms with Crippen LogP contribution in [0.1, 0.15) is 237 Å². The van der Waals surface area contributed by atoms with E-state index in [0.717, 1.165) is 150 Å². The van der Waals surface area contributed by atoms with E-state index in [2.05, 4.69) is 199 Å². The molecule has 0 atom stereocenters. The summed E-state index contributed by atoms with van der Waals surface area (Å²) in [4.78, 5) is 194. The molecule has 0 saturated carbocycles. The van der Waals surface area contributed by atoms with E-state index in [-0.39, 0.29) is 72.4 Å². The first-order valence-corrected chi connectivity index (χ1v) is 53.4. The molecule has 754 valence electrons. The van der Waals surface area contributed by atoms with Gasteiger partial charge in [-0.2, -0.15) is 0 Å². The minimum absolute atomic E-state index is 0.0101. The largest absolute Gasteiger partial charge is 0.478 e. The van der Waals surface area contributed by atoms with Gasteiger partial charge < -0.3 is 35.0 Å². The zero-order chi connectivity index (χ0) is 106. The predicted octanol–water partition coefficient (Wildman–Crippen LogP) is 23.6. The smallest absolute Gasteiger partial charge is 0.335 e. The number of amides is 2. The average Bonchev–Trinajstić information content (AvgIpc) is 1.64. The molecule has 0 aliphatic carbocycles. The lowest BCUT2D eigenvalue weighted by Gasteiger charge is -2.15. The van der Waals surface area contributed by atoms with Gasteiger partial charge >= 0.3 is 5.97 Å². The highest BCUT2D eigenvalue weighted by atomic mass is 32.1. The fraction of sp³-hybridized carbons (Fsp3) is 0.297. The van der Waals surface area contributed by atoms with Gasteiger partial charge in [-0.3, -0.25) is 48.3 Å². The number of H-pyrrole nitrogens is 6. The Morgan fingerprint density at radius 3 is 1.36 bits per heavy atom. The number of nitrogens with one attached hydrogen (secondary N) is 6. The van der Waals surface area contributed by atoms with E-state index < -0.39 is 5.97 Å². The third-order valence-corrected chi connectivity index (χ3v) is 32.2. The number of aryl methyl sites for hydroxylation is 10. The number of fused-ring (bicyclic) bond motifs is 7. The van der Waals surface area contributed by atoms with Crippen LogP contribution in [0.2, 0.25) is 0 Å². The summed E-state index contributed by atoms with van der Waals surface area (Å²) in [6.45, 7) is 49.8. The van der Waals surface area contributed by atoms with Crippen molar-refractivity contribution in [1.29, 1.82) is 0 Å². The minimum atomic E-state index is -1.02. The van der Waals surface area contributed by atoms with Crippen LogP contribution >= 0.6 is 79.4 Å². The number of hydrogen-bond acceptors (Lipinski definition) is 27. The molecule has 7 N–H and O–H groups in total. The molecule has 0 unspecified atom stereocenters. The number of carbonyl (C=O) groups is 3. The van der Waals surface area contributed by atoms with Gasteiger partial charge in [0.15, 0.2) is 29.1 Å². The van der Waals surface area contributed by atoms with Crippen molar-refractivity contribution in [3.8, 4) is 57.6 Å². The Bertz CT molecular complexity index is 8740. The van der Waals surface area contributed by atoms with Gasteiger partial charge in [0.2, 0.25) is 5.56 Å². The van der Waals surface area contributed by atoms with Gasteiger partial charge in [-0.15, -0.1) is 79.4 Å². The van der Waals surface area contributed by atoms with Gasteiger partial charge in [-0.1, -0.05) is 122 Å². The summed E-state index contributed by atoms with van der Waals surface area (Å²) in [6.07, 6.45) is 5.96. The lowest BCUT2D eigenvalue weighted by molar-refractivity contribution is 0.0696. The van der Waals surface area contributed by atoms with Crippen molar-refractivity contribution in [1.82, 2.24) is 84.7 Å². The number of aliphatic imine (C=N–C) groups is 2. The summed E-state index contributed by atoms with van der Waals surface area (Å²) < 4.78 is 0. The second kappa shape index (κ2) is 43.7. The fourth-order valence-electron chi connectivity index (χ4n) is 16.2. The molecule has 0 fully saturated rings. The monoisotopic (exact) mass is 2100 g/mol. The van der Waals surface area contributed by atoms with Crippen LogP contribution in [-0.4, -0.2) is 119 Å². The molecule has 29 nitrogen and oxygen atoms in total. The number of rotatable bonds is 11. The highest BCUT2D eigenvalue weighted by molar-refractivity contribution is 7.20. The summed E-state index contributed by atoms with van der Waals surface area (Å²) in [6, 6.07) is 38.7. The fourth-order valence-corrected chi connectivity index (χ4v) is 23.6. The van der Waals surface area contributed by atoms with Gasteiger partial charge in [-0.05, 0) is 250 Å². The van der Waals surface area contributed by atoms with Crippen molar-refractivity contribution in [3.63, 3.8) is 0 Å². The first kappa shape index (κ1) is 107. The van der Waals surface area contributed by atoms with Crippen molar-refractivity contribution in [2.24, 2.45) is 15.9 Å². The SMILES string of the molecule is CC(C)(C)c1cc2c(s1)CC(c1cccc(=O)[nH]1)=NC2=O.CCc1c(C)sc2nc(-c3cc(C)cc(C)n3)[nH]c(=O)c12.Cc1cc(C)nc(-c2nc3sc(C(C)(C)C)cc3c(=O)[nH]2)c1.Cc1cc(C)nc(-c2nc3scc(CC(C)C)c3c(=O)[nH]2)c1.Cc1cccc(-c2nc3sc(C(C)(C)C)cc3c(=O)[nH]2)n1.Cc1cccnc1-c1nc2sc(C(C)(C)C)cc2c(=O)[nH]1.O=C(O)c1ccnc(C2=NC(=O)c3ccsc3C2)c1. The number of nitrogens with zero attached hydrogens (tertiary/aromatic N) is 13. The van der Waals surface area contributed by atoms with Crippen LogP contribution in [0.25, 0.3) is 109 Å². The van der Waals surface area contributed by atoms with E-state index >= 15 is 0 Å². The molecular weight excluding hydrogens is 1980 g/mol. The molecule has 21 rings (SSSR count). The maximum Gasteiger partial charge on any atom is 0.335 e. The van der Waals surface area contributed by atoms with Crippen molar-refractivity contribution in [2.45, 2.75) is 214 Å². The number of pyridine rings is 7. The number of aromatic amines is 6. The molecule has 0 radical (unpaired) electrons. The van der Waals surface area contributed by atoms with Crippen LogP contribution in [0.4, 0.5) is 0 Å². The Morgan fingerprint density at radius 2 is 0.864 bits per heavy atom.